The maximum Gasteiger partial charge on any atom is 0.471 e. The monoisotopic (exact) mass is 562 g/mol. The maximum absolute atomic E-state index is 12.0. The van der Waals surface area contributed by atoms with Crippen molar-refractivity contribution in [3.63, 3.8) is 0 Å². The van der Waals surface area contributed by atoms with Crippen molar-refractivity contribution in [1.82, 2.24) is 10.6 Å². The van der Waals surface area contributed by atoms with Gasteiger partial charge in [0.1, 0.15) is 5.75 Å². The summed E-state index contributed by atoms with van der Waals surface area (Å²) in [6, 6.07) is 12.4. The third-order valence-corrected chi connectivity index (χ3v) is 5.58. The number of carbonyl (C=O) groups is 2. The number of nitrogens with one attached hydrogen (secondary N) is 2. The molecule has 0 atom stereocenters. The third-order valence-electron chi connectivity index (χ3n) is 3.95. The molecule has 0 unspecified atom stereocenters. The number of amides is 2. The standard InChI is InChI=1S/C10H10F3NO5S.C10H10F3NOS/c1-18-20(16,17)19-8-5-3-2-4-7(8)6-14-9(15)10(11,12)13;1-16-8-5-3-2-4-7(8)6-14-9(15)10(11,12)13/h2-5H,6H2,1H3,(H,14,15);2-5H,6H2,1H3,(H,14,15). The van der Waals surface area contributed by atoms with E-state index in [0.717, 1.165) is 12.0 Å². The lowest BCUT2D eigenvalue weighted by Gasteiger charge is -2.11. The van der Waals surface area contributed by atoms with E-state index in [0.29, 0.717) is 5.56 Å². The van der Waals surface area contributed by atoms with Crippen LogP contribution in [0.1, 0.15) is 11.1 Å². The highest BCUT2D eigenvalue weighted by Gasteiger charge is 2.39. The van der Waals surface area contributed by atoms with Crippen LogP contribution in [0.15, 0.2) is 53.4 Å². The summed E-state index contributed by atoms with van der Waals surface area (Å²) in [6.07, 6.45) is -8.02. The first-order chi connectivity index (χ1) is 16.6. The number of rotatable bonds is 8. The van der Waals surface area contributed by atoms with Crippen LogP contribution in [-0.4, -0.2) is 46.0 Å². The third kappa shape index (κ3) is 10.7. The van der Waals surface area contributed by atoms with Crippen LogP contribution in [0, 0.1) is 0 Å². The maximum atomic E-state index is 12.0. The molecule has 2 rings (SSSR count). The van der Waals surface area contributed by atoms with Gasteiger partial charge in [0.2, 0.25) is 0 Å². The van der Waals surface area contributed by atoms with Gasteiger partial charge in [0.05, 0.1) is 7.11 Å². The average molecular weight is 563 g/mol. The van der Waals surface area contributed by atoms with Gasteiger partial charge in [-0.1, -0.05) is 36.4 Å². The first-order valence-electron chi connectivity index (χ1n) is 9.50. The molecule has 36 heavy (non-hydrogen) atoms. The van der Waals surface area contributed by atoms with Crippen LogP contribution >= 0.6 is 11.8 Å². The van der Waals surface area contributed by atoms with Crippen LogP contribution in [0.2, 0.25) is 0 Å². The number of alkyl halides is 6. The fourth-order valence-electron chi connectivity index (χ4n) is 2.28. The molecule has 0 radical (unpaired) electrons. The number of hydrogen-bond donors (Lipinski definition) is 2. The summed E-state index contributed by atoms with van der Waals surface area (Å²) in [6.45, 7) is -0.664. The zero-order valence-corrected chi connectivity index (χ0v) is 20.2. The van der Waals surface area contributed by atoms with E-state index < -0.39 is 41.1 Å². The molecule has 0 saturated heterocycles. The second-order valence-corrected chi connectivity index (χ2v) is 8.60. The van der Waals surface area contributed by atoms with Gasteiger partial charge in [0, 0.05) is 23.5 Å². The van der Waals surface area contributed by atoms with E-state index in [9.17, 15) is 44.3 Å². The lowest BCUT2D eigenvalue weighted by molar-refractivity contribution is -0.173. The van der Waals surface area contributed by atoms with Crippen molar-refractivity contribution in [2.24, 2.45) is 0 Å². The first kappa shape index (κ1) is 31.1. The van der Waals surface area contributed by atoms with Crippen LogP contribution in [0.5, 0.6) is 5.75 Å². The molecule has 0 spiro atoms. The quantitative estimate of drug-likeness (QED) is 0.373. The zero-order valence-electron chi connectivity index (χ0n) is 18.6. The minimum Gasteiger partial charge on any atom is -0.361 e. The normalized spacial score (nSPS) is 11.7. The molecule has 0 saturated carbocycles. The average Bonchev–Trinajstić information content (AvgIpc) is 2.80. The number of halogens is 6. The van der Waals surface area contributed by atoms with E-state index in [1.807, 2.05) is 11.6 Å². The highest BCUT2D eigenvalue weighted by atomic mass is 32.3. The van der Waals surface area contributed by atoms with E-state index in [2.05, 4.69) is 8.37 Å². The van der Waals surface area contributed by atoms with Crippen molar-refractivity contribution in [2.45, 2.75) is 30.3 Å². The topological polar surface area (TPSA) is 111 Å². The van der Waals surface area contributed by atoms with Gasteiger partial charge >= 0.3 is 34.6 Å². The van der Waals surface area contributed by atoms with Crippen molar-refractivity contribution in [3.05, 3.63) is 59.7 Å². The van der Waals surface area contributed by atoms with Crippen molar-refractivity contribution < 1.29 is 52.7 Å². The molecule has 16 heteroatoms. The SMILES string of the molecule is COS(=O)(=O)Oc1ccccc1CNC(=O)C(F)(F)F.CSc1ccccc1CNC(=O)C(F)(F)F. The van der Waals surface area contributed by atoms with Crippen LogP contribution in [0.25, 0.3) is 0 Å². The van der Waals surface area contributed by atoms with E-state index in [1.54, 1.807) is 29.6 Å². The highest BCUT2D eigenvalue weighted by molar-refractivity contribution is 7.98. The summed E-state index contributed by atoms with van der Waals surface area (Å²) in [4.78, 5) is 22.1. The largest absolute Gasteiger partial charge is 0.471 e. The van der Waals surface area contributed by atoms with Gasteiger partial charge in [0.25, 0.3) is 0 Å². The Morgan fingerprint density at radius 3 is 1.75 bits per heavy atom. The Bertz CT molecular complexity index is 1140. The van der Waals surface area contributed by atoms with Gasteiger partial charge in [-0.05, 0) is 24.0 Å². The van der Waals surface area contributed by atoms with Gasteiger partial charge in [-0.25, -0.2) is 4.18 Å². The Kier molecular flexibility index (Phi) is 11.5. The Morgan fingerprint density at radius 1 is 0.833 bits per heavy atom. The smallest absolute Gasteiger partial charge is 0.361 e. The fraction of sp³-hybridized carbons (Fsp3) is 0.300. The minimum absolute atomic E-state index is 0.0470. The molecule has 8 nitrogen and oxygen atoms in total. The molecule has 0 aliphatic carbocycles. The lowest BCUT2D eigenvalue weighted by atomic mass is 10.2. The van der Waals surface area contributed by atoms with E-state index in [-0.39, 0.29) is 17.9 Å². The summed E-state index contributed by atoms with van der Waals surface area (Å²) in [5.74, 6) is -4.29. The Balaban J connectivity index is 0.000000369. The number of thioether (sulfide) groups is 1. The van der Waals surface area contributed by atoms with Gasteiger partial charge in [-0.3, -0.25) is 9.59 Å². The summed E-state index contributed by atoms with van der Waals surface area (Å²) >= 11 is 1.42. The lowest BCUT2D eigenvalue weighted by Crippen LogP contribution is -2.36. The Labute approximate surface area is 206 Å². The molecule has 0 aliphatic heterocycles. The number of para-hydroxylation sites is 1. The molecule has 2 aromatic carbocycles. The van der Waals surface area contributed by atoms with Crippen LogP contribution in [-0.2, 0) is 37.3 Å². The second-order valence-electron chi connectivity index (χ2n) is 6.44. The van der Waals surface area contributed by atoms with E-state index in [4.69, 9.17) is 0 Å². The Morgan fingerprint density at radius 2 is 1.28 bits per heavy atom. The molecule has 2 N–H and O–H groups in total. The zero-order chi connectivity index (χ0) is 27.6. The van der Waals surface area contributed by atoms with Crippen LogP contribution in [0.4, 0.5) is 26.3 Å². The molecule has 2 aromatic rings. The predicted octanol–water partition coefficient (Wildman–Crippen LogP) is 3.72. The van der Waals surface area contributed by atoms with Gasteiger partial charge < -0.3 is 14.8 Å². The number of benzene rings is 2. The van der Waals surface area contributed by atoms with Crippen molar-refractivity contribution in [2.75, 3.05) is 13.4 Å². The molecule has 2 amide bonds. The summed E-state index contributed by atoms with van der Waals surface area (Å²) in [5, 5.41) is 3.44. The Hall–Kier alpha value is -2.98. The summed E-state index contributed by atoms with van der Waals surface area (Å²) in [5.41, 5.74) is 0.721. The second kappa shape index (κ2) is 13.4. The molecule has 0 heterocycles. The fourth-order valence-corrected chi connectivity index (χ4v) is 3.34. The van der Waals surface area contributed by atoms with Gasteiger partial charge in [-0.2, -0.15) is 34.8 Å². The highest BCUT2D eigenvalue weighted by Crippen LogP contribution is 2.22. The minimum atomic E-state index is -5.02. The van der Waals surface area contributed by atoms with Crippen molar-refractivity contribution in [3.8, 4) is 5.75 Å². The predicted molar refractivity (Wildman–Crippen MR) is 117 cm³/mol. The van der Waals surface area contributed by atoms with E-state index >= 15 is 0 Å². The van der Waals surface area contributed by atoms with Crippen LogP contribution < -0.4 is 14.8 Å². The van der Waals surface area contributed by atoms with Crippen molar-refractivity contribution >= 4 is 34.0 Å². The molecule has 0 aliphatic rings. The molecule has 200 valence electrons. The summed E-state index contributed by atoms with van der Waals surface area (Å²) < 4.78 is 103. The first-order valence-corrected chi connectivity index (χ1v) is 12.1. The van der Waals surface area contributed by atoms with Gasteiger partial charge in [-0.15, -0.1) is 11.8 Å². The van der Waals surface area contributed by atoms with Crippen molar-refractivity contribution in [1.29, 1.82) is 0 Å². The molecule has 0 fully saturated rings. The molecular weight excluding hydrogens is 542 g/mol. The molecule has 0 bridgehead atoms. The molecule has 0 aromatic heterocycles. The summed E-state index contributed by atoms with van der Waals surface area (Å²) in [7, 11) is -3.43. The molecular formula is C20H20F6N2O6S2. The van der Waals surface area contributed by atoms with Gasteiger partial charge in [0.15, 0.2) is 0 Å². The van der Waals surface area contributed by atoms with Crippen LogP contribution in [0.3, 0.4) is 0 Å². The van der Waals surface area contributed by atoms with E-state index in [1.165, 1.54) is 36.0 Å². The number of hydrogen-bond acceptors (Lipinski definition) is 7. The number of carbonyl (C=O) groups excluding carboxylic acids is 2.